The monoisotopic (exact) mass is 326 g/mol. The Morgan fingerprint density at radius 3 is 2.68 bits per heavy atom. The lowest BCUT2D eigenvalue weighted by Gasteiger charge is -2.29. The first-order chi connectivity index (χ1) is 9.08. The number of halogens is 1. The maximum absolute atomic E-state index is 12.0. The van der Waals surface area contributed by atoms with E-state index in [1.165, 1.54) is 6.20 Å². The molecule has 1 fully saturated rings. The second-order valence-electron chi connectivity index (χ2n) is 4.68. The molecule has 2 rings (SSSR count). The van der Waals surface area contributed by atoms with Crippen LogP contribution in [0.15, 0.2) is 22.9 Å². The average molecular weight is 327 g/mol. The summed E-state index contributed by atoms with van der Waals surface area (Å²) in [7, 11) is 0. The van der Waals surface area contributed by atoms with Crippen molar-refractivity contribution in [3.8, 4) is 0 Å². The van der Waals surface area contributed by atoms with Crippen LogP contribution in [0.5, 0.6) is 0 Å². The molecule has 2 atom stereocenters. The number of hydrogen-bond acceptors (Lipinski definition) is 3. The smallest absolute Gasteiger partial charge is 0.308 e. The van der Waals surface area contributed by atoms with Gasteiger partial charge in [0, 0.05) is 12.2 Å². The molecule has 1 saturated carbocycles. The van der Waals surface area contributed by atoms with Gasteiger partial charge in [0.15, 0.2) is 0 Å². The van der Waals surface area contributed by atoms with Gasteiger partial charge >= 0.3 is 5.97 Å². The molecule has 1 aromatic heterocycles. The van der Waals surface area contributed by atoms with Gasteiger partial charge in [0.05, 0.1) is 11.5 Å². The summed E-state index contributed by atoms with van der Waals surface area (Å²) < 4.78 is 0.658. The fraction of sp³-hybridized carbons (Fsp3) is 0.462. The van der Waals surface area contributed by atoms with Crippen molar-refractivity contribution < 1.29 is 14.7 Å². The Balaban J connectivity index is 2.04. The van der Waals surface area contributed by atoms with Gasteiger partial charge in [0.1, 0.15) is 4.60 Å². The lowest BCUT2D eigenvalue weighted by Crippen LogP contribution is -2.45. The maximum Gasteiger partial charge on any atom is 0.308 e. The van der Waals surface area contributed by atoms with Gasteiger partial charge in [-0.1, -0.05) is 12.8 Å². The number of carboxylic acids is 1. The minimum absolute atomic E-state index is 0.266. The summed E-state index contributed by atoms with van der Waals surface area (Å²) in [6.07, 6.45) is 4.67. The number of aliphatic carboxylic acids is 1. The fourth-order valence-corrected chi connectivity index (χ4v) is 2.60. The van der Waals surface area contributed by atoms with E-state index in [9.17, 15) is 9.59 Å². The highest BCUT2D eigenvalue weighted by Crippen LogP contribution is 2.25. The van der Waals surface area contributed by atoms with Crippen LogP contribution in [-0.4, -0.2) is 28.0 Å². The van der Waals surface area contributed by atoms with Crippen molar-refractivity contribution in [2.45, 2.75) is 31.7 Å². The van der Waals surface area contributed by atoms with Crippen molar-refractivity contribution in [2.75, 3.05) is 0 Å². The zero-order valence-electron chi connectivity index (χ0n) is 10.3. The molecule has 102 valence electrons. The predicted octanol–water partition coefficient (Wildman–Crippen LogP) is 2.22. The Hall–Kier alpha value is -1.43. The lowest BCUT2D eigenvalue weighted by atomic mass is 9.84. The SMILES string of the molecule is O=C(NC1CCCCC1C(=O)O)c1ccc(Br)nc1. The van der Waals surface area contributed by atoms with Gasteiger partial charge in [-0.2, -0.15) is 0 Å². The van der Waals surface area contributed by atoms with E-state index in [1.54, 1.807) is 12.1 Å². The molecule has 0 saturated heterocycles. The van der Waals surface area contributed by atoms with Crippen LogP contribution < -0.4 is 5.32 Å². The van der Waals surface area contributed by atoms with Crippen LogP contribution in [0, 0.1) is 5.92 Å². The Labute approximate surface area is 119 Å². The largest absolute Gasteiger partial charge is 0.481 e. The van der Waals surface area contributed by atoms with Crippen molar-refractivity contribution >= 4 is 27.8 Å². The minimum atomic E-state index is -0.834. The summed E-state index contributed by atoms with van der Waals surface area (Å²) in [6.45, 7) is 0. The molecule has 2 unspecified atom stereocenters. The average Bonchev–Trinajstić information content (AvgIpc) is 2.39. The molecule has 1 aromatic rings. The molecule has 6 heteroatoms. The van der Waals surface area contributed by atoms with Crippen molar-refractivity contribution in [1.82, 2.24) is 10.3 Å². The van der Waals surface area contributed by atoms with E-state index < -0.39 is 11.9 Å². The van der Waals surface area contributed by atoms with E-state index >= 15 is 0 Å². The molecule has 1 aliphatic carbocycles. The summed E-state index contributed by atoms with van der Waals surface area (Å²) in [5.74, 6) is -1.59. The Kier molecular flexibility index (Phi) is 4.52. The van der Waals surface area contributed by atoms with E-state index in [0.29, 0.717) is 23.0 Å². The molecular formula is C13H15BrN2O3. The summed E-state index contributed by atoms with van der Waals surface area (Å²) in [5, 5.41) is 12.0. The summed E-state index contributed by atoms with van der Waals surface area (Å²) in [4.78, 5) is 27.2. The summed E-state index contributed by atoms with van der Waals surface area (Å²) >= 11 is 3.20. The number of nitrogens with one attached hydrogen (secondary N) is 1. The molecule has 0 aromatic carbocycles. The van der Waals surface area contributed by atoms with Gasteiger partial charge < -0.3 is 10.4 Å². The van der Waals surface area contributed by atoms with Crippen molar-refractivity contribution in [3.05, 3.63) is 28.5 Å². The number of pyridine rings is 1. The van der Waals surface area contributed by atoms with Crippen LogP contribution in [0.2, 0.25) is 0 Å². The third-order valence-corrected chi connectivity index (χ3v) is 3.86. The van der Waals surface area contributed by atoms with Crippen molar-refractivity contribution in [2.24, 2.45) is 5.92 Å². The Bertz CT molecular complexity index is 475. The normalized spacial score (nSPS) is 22.8. The number of amides is 1. The van der Waals surface area contributed by atoms with Crippen molar-refractivity contribution in [1.29, 1.82) is 0 Å². The number of hydrogen-bond donors (Lipinski definition) is 2. The van der Waals surface area contributed by atoms with Crippen LogP contribution in [0.25, 0.3) is 0 Å². The van der Waals surface area contributed by atoms with E-state index in [1.807, 2.05) is 0 Å². The van der Waals surface area contributed by atoms with Gasteiger partial charge in [-0.05, 0) is 40.9 Å². The maximum atomic E-state index is 12.0. The molecule has 5 nitrogen and oxygen atoms in total. The van der Waals surface area contributed by atoms with Crippen LogP contribution in [-0.2, 0) is 4.79 Å². The van der Waals surface area contributed by atoms with Crippen LogP contribution in [0.4, 0.5) is 0 Å². The van der Waals surface area contributed by atoms with E-state index in [2.05, 4.69) is 26.2 Å². The van der Waals surface area contributed by atoms with Gasteiger partial charge in [-0.15, -0.1) is 0 Å². The van der Waals surface area contributed by atoms with E-state index in [4.69, 9.17) is 5.11 Å². The summed E-state index contributed by atoms with van der Waals surface area (Å²) in [5.41, 5.74) is 0.443. The highest BCUT2D eigenvalue weighted by molar-refractivity contribution is 9.10. The molecule has 1 heterocycles. The molecular weight excluding hydrogens is 312 g/mol. The van der Waals surface area contributed by atoms with Crippen LogP contribution in [0.3, 0.4) is 0 Å². The third-order valence-electron chi connectivity index (χ3n) is 3.39. The number of carbonyl (C=O) groups is 2. The number of carbonyl (C=O) groups excluding carboxylic acids is 1. The predicted molar refractivity (Wildman–Crippen MR) is 72.8 cm³/mol. The van der Waals surface area contributed by atoms with Gasteiger partial charge in [0.25, 0.3) is 5.91 Å². The fourth-order valence-electron chi connectivity index (χ4n) is 2.36. The Morgan fingerprint density at radius 2 is 2.05 bits per heavy atom. The zero-order valence-corrected chi connectivity index (χ0v) is 11.9. The second-order valence-corrected chi connectivity index (χ2v) is 5.49. The van der Waals surface area contributed by atoms with Gasteiger partial charge in [0.2, 0.25) is 0 Å². The van der Waals surface area contributed by atoms with E-state index in [0.717, 1.165) is 12.8 Å². The molecule has 0 spiro atoms. The Morgan fingerprint density at radius 1 is 1.32 bits per heavy atom. The first kappa shape index (κ1) is 14.0. The van der Waals surface area contributed by atoms with Gasteiger partial charge in [-0.3, -0.25) is 9.59 Å². The molecule has 19 heavy (non-hydrogen) atoms. The quantitative estimate of drug-likeness (QED) is 0.835. The molecule has 0 aliphatic heterocycles. The van der Waals surface area contributed by atoms with Crippen LogP contribution in [0.1, 0.15) is 36.0 Å². The van der Waals surface area contributed by atoms with Gasteiger partial charge in [-0.25, -0.2) is 4.98 Å². The molecule has 1 amide bonds. The first-order valence-corrected chi connectivity index (χ1v) is 7.02. The standard InChI is InChI=1S/C13H15BrN2O3/c14-11-6-5-8(7-15-11)12(17)16-10-4-2-1-3-9(10)13(18)19/h5-7,9-10H,1-4H2,(H,16,17)(H,18,19). The highest BCUT2D eigenvalue weighted by atomic mass is 79.9. The number of carboxylic acid groups (broad SMARTS) is 1. The highest BCUT2D eigenvalue weighted by Gasteiger charge is 2.31. The van der Waals surface area contributed by atoms with Crippen molar-refractivity contribution in [3.63, 3.8) is 0 Å². The molecule has 0 radical (unpaired) electrons. The molecule has 2 N–H and O–H groups in total. The number of nitrogens with zero attached hydrogens (tertiary/aromatic N) is 1. The van der Waals surface area contributed by atoms with Crippen LogP contribution >= 0.6 is 15.9 Å². The molecule has 1 aliphatic rings. The number of rotatable bonds is 3. The third kappa shape index (κ3) is 3.53. The lowest BCUT2D eigenvalue weighted by molar-refractivity contribution is -0.143. The molecule has 0 bridgehead atoms. The zero-order chi connectivity index (χ0) is 13.8. The summed E-state index contributed by atoms with van der Waals surface area (Å²) in [6, 6.07) is 3.05. The topological polar surface area (TPSA) is 79.3 Å². The second kappa shape index (κ2) is 6.14. The number of aromatic nitrogens is 1. The van der Waals surface area contributed by atoms with E-state index in [-0.39, 0.29) is 11.9 Å². The minimum Gasteiger partial charge on any atom is -0.481 e. The first-order valence-electron chi connectivity index (χ1n) is 6.23.